The van der Waals surface area contributed by atoms with Crippen LogP contribution in [-0.4, -0.2) is 15.6 Å². The Morgan fingerprint density at radius 1 is 1.54 bits per heavy atom. The Morgan fingerprint density at radius 3 is 3.08 bits per heavy atom. The zero-order valence-corrected chi connectivity index (χ0v) is 8.87. The predicted molar refractivity (Wildman–Crippen MR) is 57.3 cm³/mol. The van der Waals surface area contributed by atoms with Crippen LogP contribution in [0.2, 0.25) is 0 Å². The minimum atomic E-state index is 0.258. The van der Waals surface area contributed by atoms with Crippen molar-refractivity contribution in [3.63, 3.8) is 0 Å². The van der Waals surface area contributed by atoms with E-state index in [0.717, 1.165) is 23.4 Å². The highest BCUT2D eigenvalue weighted by molar-refractivity contribution is 9.10. The van der Waals surface area contributed by atoms with Crippen LogP contribution in [0.5, 0.6) is 5.75 Å². The number of hydrogen-bond donors (Lipinski definition) is 1. The van der Waals surface area contributed by atoms with Crippen molar-refractivity contribution in [2.24, 2.45) is 4.99 Å². The Labute approximate surface area is 85.4 Å². The standard InChI is InChI=1S/C10H10BrNO/c1-6-8(11)5-7-9(12-6)3-2-4-10(7)13/h2-4,8,13H,5H2,1H3. The molecule has 0 spiro atoms. The second kappa shape index (κ2) is 3.14. The molecule has 1 aromatic rings. The minimum absolute atomic E-state index is 0.258. The van der Waals surface area contributed by atoms with Crippen molar-refractivity contribution in [1.29, 1.82) is 0 Å². The lowest BCUT2D eigenvalue weighted by Gasteiger charge is -2.18. The zero-order valence-electron chi connectivity index (χ0n) is 7.29. The predicted octanol–water partition coefficient (Wildman–Crippen LogP) is 2.80. The fourth-order valence-electron chi connectivity index (χ4n) is 1.46. The number of aromatic hydroxyl groups is 1. The van der Waals surface area contributed by atoms with Crippen molar-refractivity contribution < 1.29 is 5.11 Å². The van der Waals surface area contributed by atoms with Crippen LogP contribution in [0.15, 0.2) is 23.2 Å². The van der Waals surface area contributed by atoms with E-state index in [9.17, 15) is 5.11 Å². The van der Waals surface area contributed by atoms with Crippen LogP contribution in [0.4, 0.5) is 5.69 Å². The van der Waals surface area contributed by atoms with Gasteiger partial charge in [0.1, 0.15) is 5.75 Å². The van der Waals surface area contributed by atoms with Crippen LogP contribution in [0.3, 0.4) is 0 Å². The van der Waals surface area contributed by atoms with E-state index in [2.05, 4.69) is 20.9 Å². The SMILES string of the molecule is CC1=Nc2cccc(O)c2CC1Br. The summed E-state index contributed by atoms with van der Waals surface area (Å²) in [5.41, 5.74) is 2.90. The maximum absolute atomic E-state index is 9.57. The molecule has 1 aromatic carbocycles. The number of alkyl halides is 1. The van der Waals surface area contributed by atoms with Crippen LogP contribution < -0.4 is 0 Å². The molecule has 68 valence electrons. The minimum Gasteiger partial charge on any atom is -0.508 e. The average Bonchev–Trinajstić information content (AvgIpc) is 2.09. The van der Waals surface area contributed by atoms with Gasteiger partial charge >= 0.3 is 0 Å². The maximum atomic E-state index is 9.57. The molecule has 2 rings (SSSR count). The summed E-state index contributed by atoms with van der Waals surface area (Å²) in [6.45, 7) is 1.99. The third-order valence-electron chi connectivity index (χ3n) is 2.26. The number of fused-ring (bicyclic) bond motifs is 1. The highest BCUT2D eigenvalue weighted by Crippen LogP contribution is 2.34. The zero-order chi connectivity index (χ0) is 9.42. The lowest BCUT2D eigenvalue weighted by molar-refractivity contribution is 0.468. The quantitative estimate of drug-likeness (QED) is 0.695. The van der Waals surface area contributed by atoms with Crippen molar-refractivity contribution >= 4 is 27.3 Å². The van der Waals surface area contributed by atoms with Crippen molar-refractivity contribution in [3.05, 3.63) is 23.8 Å². The van der Waals surface area contributed by atoms with Crippen molar-refractivity contribution in [3.8, 4) is 5.75 Å². The first kappa shape index (κ1) is 8.75. The Bertz CT molecular complexity index is 373. The number of nitrogens with zero attached hydrogens (tertiary/aromatic N) is 1. The smallest absolute Gasteiger partial charge is 0.120 e. The molecule has 1 aliphatic heterocycles. The van der Waals surface area contributed by atoms with Crippen molar-refractivity contribution in [1.82, 2.24) is 0 Å². The van der Waals surface area contributed by atoms with Gasteiger partial charge in [0.05, 0.1) is 10.5 Å². The Kier molecular flexibility index (Phi) is 2.12. The van der Waals surface area contributed by atoms with E-state index in [4.69, 9.17) is 0 Å². The summed E-state index contributed by atoms with van der Waals surface area (Å²) in [4.78, 5) is 4.66. The second-order valence-electron chi connectivity index (χ2n) is 3.20. The third-order valence-corrected chi connectivity index (χ3v) is 3.25. The number of phenols is 1. The van der Waals surface area contributed by atoms with Gasteiger partial charge in [0.15, 0.2) is 0 Å². The molecule has 2 nitrogen and oxygen atoms in total. The molecule has 13 heavy (non-hydrogen) atoms. The molecule has 0 aliphatic carbocycles. The van der Waals surface area contributed by atoms with Crippen LogP contribution in [0.1, 0.15) is 12.5 Å². The fraction of sp³-hybridized carbons (Fsp3) is 0.300. The van der Waals surface area contributed by atoms with Gasteiger partial charge in [0.2, 0.25) is 0 Å². The highest BCUT2D eigenvalue weighted by Gasteiger charge is 2.19. The maximum Gasteiger partial charge on any atom is 0.120 e. The molecule has 1 N–H and O–H groups in total. The number of rotatable bonds is 0. The molecule has 1 aliphatic rings. The molecule has 0 saturated carbocycles. The van der Waals surface area contributed by atoms with Crippen LogP contribution >= 0.6 is 15.9 Å². The summed E-state index contributed by atoms with van der Waals surface area (Å²) in [5.74, 6) is 0.346. The molecule has 0 fully saturated rings. The number of aliphatic imine (C=N–C) groups is 1. The van der Waals surface area contributed by atoms with Gasteiger partial charge in [-0.1, -0.05) is 22.0 Å². The third kappa shape index (κ3) is 1.48. The van der Waals surface area contributed by atoms with Crippen LogP contribution in [0.25, 0.3) is 0 Å². The number of phenolic OH excluding ortho intramolecular Hbond substituents is 1. The first-order valence-electron chi connectivity index (χ1n) is 4.18. The van der Waals surface area contributed by atoms with Crippen molar-refractivity contribution in [2.45, 2.75) is 18.2 Å². The average molecular weight is 240 g/mol. The first-order chi connectivity index (χ1) is 6.18. The summed E-state index contributed by atoms with van der Waals surface area (Å²) in [6, 6.07) is 5.45. The number of hydrogen-bond acceptors (Lipinski definition) is 2. The van der Waals surface area contributed by atoms with Crippen LogP contribution in [0, 0.1) is 0 Å². The largest absolute Gasteiger partial charge is 0.508 e. The molecule has 3 heteroatoms. The topological polar surface area (TPSA) is 32.6 Å². The van der Waals surface area contributed by atoms with E-state index in [1.165, 1.54) is 0 Å². The Hall–Kier alpha value is -0.830. The van der Waals surface area contributed by atoms with E-state index in [1.54, 1.807) is 6.07 Å². The van der Waals surface area contributed by atoms with Gasteiger partial charge in [-0.2, -0.15) is 0 Å². The summed E-state index contributed by atoms with van der Waals surface area (Å²) in [5, 5.41) is 9.57. The molecule has 0 bridgehead atoms. The first-order valence-corrected chi connectivity index (χ1v) is 5.10. The summed E-state index contributed by atoms with van der Waals surface area (Å²) in [6.07, 6.45) is 0.817. The Morgan fingerprint density at radius 2 is 2.31 bits per heavy atom. The molecular weight excluding hydrogens is 230 g/mol. The number of halogens is 1. The molecule has 0 saturated heterocycles. The molecular formula is C10H10BrNO. The summed E-state index contributed by atoms with van der Waals surface area (Å²) >= 11 is 3.52. The van der Waals surface area contributed by atoms with Gasteiger partial charge in [0, 0.05) is 11.3 Å². The summed E-state index contributed by atoms with van der Waals surface area (Å²) in [7, 11) is 0. The molecule has 0 radical (unpaired) electrons. The fourth-order valence-corrected chi connectivity index (χ4v) is 1.89. The molecule has 0 aromatic heterocycles. The molecule has 1 heterocycles. The van der Waals surface area contributed by atoms with Crippen molar-refractivity contribution in [2.75, 3.05) is 0 Å². The van der Waals surface area contributed by atoms with E-state index >= 15 is 0 Å². The molecule has 1 atom stereocenters. The van der Waals surface area contributed by atoms with E-state index < -0.39 is 0 Å². The van der Waals surface area contributed by atoms with Gasteiger partial charge in [-0.05, 0) is 25.5 Å². The Balaban J connectivity index is 2.56. The van der Waals surface area contributed by atoms with Gasteiger partial charge < -0.3 is 5.11 Å². The monoisotopic (exact) mass is 239 g/mol. The van der Waals surface area contributed by atoms with Gasteiger partial charge in [-0.3, -0.25) is 4.99 Å². The summed E-state index contributed by atoms with van der Waals surface area (Å²) < 4.78 is 0. The van der Waals surface area contributed by atoms with E-state index in [1.807, 2.05) is 19.1 Å². The van der Waals surface area contributed by atoms with Gasteiger partial charge in [0.25, 0.3) is 0 Å². The lowest BCUT2D eigenvalue weighted by atomic mass is 10.0. The molecule has 1 unspecified atom stereocenters. The number of benzene rings is 1. The normalized spacial score (nSPS) is 20.8. The van der Waals surface area contributed by atoms with E-state index in [0.29, 0.717) is 5.75 Å². The van der Waals surface area contributed by atoms with E-state index in [-0.39, 0.29) is 4.83 Å². The van der Waals surface area contributed by atoms with Gasteiger partial charge in [-0.15, -0.1) is 0 Å². The van der Waals surface area contributed by atoms with Crippen LogP contribution in [-0.2, 0) is 6.42 Å². The molecule has 0 amide bonds. The van der Waals surface area contributed by atoms with Gasteiger partial charge in [-0.25, -0.2) is 0 Å². The highest BCUT2D eigenvalue weighted by atomic mass is 79.9. The lowest BCUT2D eigenvalue weighted by Crippen LogP contribution is -2.17. The second-order valence-corrected chi connectivity index (χ2v) is 4.30.